The molecule has 3 amide bonds. The molecule has 2 aliphatic rings. The summed E-state index contributed by atoms with van der Waals surface area (Å²) in [5, 5.41) is 5.82. The van der Waals surface area contributed by atoms with Crippen LogP contribution in [-0.2, 0) is 4.79 Å². The van der Waals surface area contributed by atoms with Gasteiger partial charge in [0.1, 0.15) is 0 Å². The van der Waals surface area contributed by atoms with Crippen molar-refractivity contribution < 1.29 is 9.59 Å². The predicted octanol–water partition coefficient (Wildman–Crippen LogP) is 3.68. The Balaban J connectivity index is 0.00000300. The highest BCUT2D eigenvalue weighted by molar-refractivity contribution is 5.89. The van der Waals surface area contributed by atoms with Gasteiger partial charge in [-0.3, -0.25) is 4.79 Å². The second-order valence-corrected chi connectivity index (χ2v) is 8.80. The van der Waals surface area contributed by atoms with E-state index in [0.717, 1.165) is 56.3 Å². The molecule has 1 heterocycles. The summed E-state index contributed by atoms with van der Waals surface area (Å²) in [5.74, 6) is 0.422. The van der Waals surface area contributed by atoms with Gasteiger partial charge in [0.05, 0.1) is 5.92 Å². The van der Waals surface area contributed by atoms with Gasteiger partial charge in [-0.15, -0.1) is 12.4 Å². The molecule has 0 radical (unpaired) electrons. The molecule has 1 saturated heterocycles. The Labute approximate surface area is 180 Å². The number of benzene rings is 1. The van der Waals surface area contributed by atoms with Gasteiger partial charge in [0.2, 0.25) is 5.91 Å². The lowest BCUT2D eigenvalue weighted by molar-refractivity contribution is -0.140. The standard InChI is InChI=1S/C22H34N4O2.ClH/c1-16-8-10-18(11-9-16)25-21(28)24-14-17-6-5-13-26(15-17)20(27)19-7-3-4-12-22(19,2)23;/h8-11,17,19H,3-7,12-15,23H2,1-2H3,(H2,24,25,28);1H. The van der Waals surface area contributed by atoms with E-state index in [4.69, 9.17) is 5.73 Å². The molecule has 29 heavy (non-hydrogen) atoms. The molecule has 1 aromatic rings. The molecule has 1 aliphatic carbocycles. The number of aryl methyl sites for hydroxylation is 1. The number of urea groups is 1. The second-order valence-electron chi connectivity index (χ2n) is 8.80. The molecule has 3 atom stereocenters. The summed E-state index contributed by atoms with van der Waals surface area (Å²) in [7, 11) is 0. The Bertz CT molecular complexity index is 693. The number of carbonyl (C=O) groups is 2. The van der Waals surface area contributed by atoms with Crippen molar-refractivity contribution in [3.05, 3.63) is 29.8 Å². The number of halogens is 1. The van der Waals surface area contributed by atoms with Crippen LogP contribution in [0.3, 0.4) is 0 Å². The molecule has 2 fully saturated rings. The highest BCUT2D eigenvalue weighted by Crippen LogP contribution is 2.33. The highest BCUT2D eigenvalue weighted by atomic mass is 35.5. The zero-order valence-corrected chi connectivity index (χ0v) is 18.4. The number of nitrogens with one attached hydrogen (secondary N) is 2. The van der Waals surface area contributed by atoms with Crippen molar-refractivity contribution in [1.82, 2.24) is 10.2 Å². The van der Waals surface area contributed by atoms with Crippen LogP contribution in [0.4, 0.5) is 10.5 Å². The van der Waals surface area contributed by atoms with Gasteiger partial charge in [-0.05, 0) is 57.6 Å². The molecule has 1 aliphatic heterocycles. The van der Waals surface area contributed by atoms with Crippen molar-refractivity contribution in [2.45, 2.75) is 57.9 Å². The highest BCUT2D eigenvalue weighted by Gasteiger charge is 2.40. The quantitative estimate of drug-likeness (QED) is 0.691. The third-order valence-electron chi connectivity index (χ3n) is 6.24. The first-order valence-corrected chi connectivity index (χ1v) is 10.5. The van der Waals surface area contributed by atoms with Crippen LogP contribution >= 0.6 is 12.4 Å². The van der Waals surface area contributed by atoms with Crippen LogP contribution in [0, 0.1) is 18.8 Å². The van der Waals surface area contributed by atoms with Crippen molar-refractivity contribution in [3.63, 3.8) is 0 Å². The van der Waals surface area contributed by atoms with Crippen LogP contribution in [-0.4, -0.2) is 42.0 Å². The van der Waals surface area contributed by atoms with E-state index in [-0.39, 0.29) is 36.2 Å². The fraction of sp³-hybridized carbons (Fsp3) is 0.636. The summed E-state index contributed by atoms with van der Waals surface area (Å²) in [4.78, 5) is 27.2. The van der Waals surface area contributed by atoms with E-state index in [2.05, 4.69) is 10.6 Å². The SMILES string of the molecule is Cc1ccc(NC(=O)NCC2CCCN(C(=O)C3CCCCC3(C)N)C2)cc1.Cl. The minimum atomic E-state index is -0.394. The van der Waals surface area contributed by atoms with Gasteiger partial charge in [-0.1, -0.05) is 30.5 Å². The van der Waals surface area contributed by atoms with Crippen LogP contribution < -0.4 is 16.4 Å². The summed E-state index contributed by atoms with van der Waals surface area (Å²) < 4.78 is 0. The lowest BCUT2D eigenvalue weighted by Gasteiger charge is -2.42. The van der Waals surface area contributed by atoms with Gasteiger partial charge < -0.3 is 21.3 Å². The number of anilines is 1. The third kappa shape index (κ3) is 6.34. The molecule has 0 bridgehead atoms. The zero-order valence-electron chi connectivity index (χ0n) is 17.6. The normalized spacial score (nSPS) is 26.9. The van der Waals surface area contributed by atoms with Gasteiger partial charge >= 0.3 is 6.03 Å². The maximum Gasteiger partial charge on any atom is 0.319 e. The van der Waals surface area contributed by atoms with Gasteiger partial charge in [0, 0.05) is 30.9 Å². The van der Waals surface area contributed by atoms with Crippen LogP contribution in [0.2, 0.25) is 0 Å². The summed E-state index contributed by atoms with van der Waals surface area (Å²) in [6.45, 7) is 6.12. The van der Waals surface area contributed by atoms with E-state index in [1.807, 2.05) is 43.0 Å². The number of likely N-dealkylation sites (tertiary alicyclic amines) is 1. The van der Waals surface area contributed by atoms with E-state index >= 15 is 0 Å². The molecule has 0 spiro atoms. The number of piperidine rings is 1. The molecule has 1 saturated carbocycles. The van der Waals surface area contributed by atoms with Gasteiger partial charge in [-0.25, -0.2) is 4.79 Å². The van der Waals surface area contributed by atoms with E-state index in [1.165, 1.54) is 0 Å². The monoisotopic (exact) mass is 422 g/mol. The van der Waals surface area contributed by atoms with E-state index < -0.39 is 5.54 Å². The van der Waals surface area contributed by atoms with Gasteiger partial charge in [0.25, 0.3) is 0 Å². The number of rotatable bonds is 4. The van der Waals surface area contributed by atoms with Crippen molar-refractivity contribution in [2.24, 2.45) is 17.6 Å². The van der Waals surface area contributed by atoms with Gasteiger partial charge in [0.15, 0.2) is 0 Å². The molecule has 4 N–H and O–H groups in total. The number of nitrogens with two attached hydrogens (primary N) is 1. The number of hydrogen-bond acceptors (Lipinski definition) is 3. The van der Waals surface area contributed by atoms with E-state index in [9.17, 15) is 9.59 Å². The molecule has 0 aromatic heterocycles. The molecule has 1 aromatic carbocycles. The fourth-order valence-electron chi connectivity index (χ4n) is 4.47. The van der Waals surface area contributed by atoms with Crippen molar-refractivity contribution in [2.75, 3.05) is 25.0 Å². The predicted molar refractivity (Wildman–Crippen MR) is 119 cm³/mol. The molecule has 3 unspecified atom stereocenters. The Hall–Kier alpha value is -1.79. The number of hydrogen-bond donors (Lipinski definition) is 3. The maximum atomic E-state index is 13.1. The first kappa shape index (κ1) is 23.5. The third-order valence-corrected chi connectivity index (χ3v) is 6.24. The summed E-state index contributed by atoms with van der Waals surface area (Å²) in [6.07, 6.45) is 6.01. The maximum absolute atomic E-state index is 13.1. The molecule has 7 heteroatoms. The smallest absolute Gasteiger partial charge is 0.319 e. The van der Waals surface area contributed by atoms with Crippen LogP contribution in [0.15, 0.2) is 24.3 Å². The lowest BCUT2D eigenvalue weighted by atomic mass is 9.73. The minimum absolute atomic E-state index is 0. The average Bonchev–Trinajstić information content (AvgIpc) is 2.68. The van der Waals surface area contributed by atoms with Crippen molar-refractivity contribution >= 4 is 30.0 Å². The average molecular weight is 423 g/mol. The first-order valence-electron chi connectivity index (χ1n) is 10.5. The molecule has 3 rings (SSSR count). The Kier molecular flexibility index (Phi) is 8.34. The van der Waals surface area contributed by atoms with Crippen LogP contribution in [0.25, 0.3) is 0 Å². The lowest BCUT2D eigenvalue weighted by Crippen LogP contribution is -2.55. The van der Waals surface area contributed by atoms with Gasteiger partial charge in [-0.2, -0.15) is 0 Å². The van der Waals surface area contributed by atoms with E-state index in [0.29, 0.717) is 13.1 Å². The topological polar surface area (TPSA) is 87.5 Å². The largest absolute Gasteiger partial charge is 0.342 e. The molecular formula is C22H35ClN4O2. The molecule has 6 nitrogen and oxygen atoms in total. The van der Waals surface area contributed by atoms with Crippen molar-refractivity contribution in [1.29, 1.82) is 0 Å². The first-order chi connectivity index (χ1) is 13.3. The Morgan fingerprint density at radius 1 is 1.17 bits per heavy atom. The second kappa shape index (κ2) is 10.3. The Morgan fingerprint density at radius 3 is 2.59 bits per heavy atom. The van der Waals surface area contributed by atoms with E-state index in [1.54, 1.807) is 0 Å². The summed E-state index contributed by atoms with van der Waals surface area (Å²) in [5.41, 5.74) is 7.98. The van der Waals surface area contributed by atoms with Crippen LogP contribution in [0.1, 0.15) is 51.0 Å². The van der Waals surface area contributed by atoms with Crippen LogP contribution in [0.5, 0.6) is 0 Å². The fourth-order valence-corrected chi connectivity index (χ4v) is 4.47. The number of amides is 3. The molecular weight excluding hydrogens is 388 g/mol. The molecule has 162 valence electrons. The Morgan fingerprint density at radius 2 is 1.90 bits per heavy atom. The minimum Gasteiger partial charge on any atom is -0.342 e. The summed E-state index contributed by atoms with van der Waals surface area (Å²) in [6, 6.07) is 7.52. The number of carbonyl (C=O) groups excluding carboxylic acids is 2. The summed E-state index contributed by atoms with van der Waals surface area (Å²) >= 11 is 0. The number of nitrogens with zero attached hydrogens (tertiary/aromatic N) is 1. The van der Waals surface area contributed by atoms with Crippen molar-refractivity contribution in [3.8, 4) is 0 Å². The zero-order chi connectivity index (χ0) is 20.1.